The Morgan fingerprint density at radius 1 is 1.18 bits per heavy atom. The first kappa shape index (κ1) is 25.6. The Hall–Kier alpha value is -4.06. The normalized spacial score (nSPS) is 22.5. The van der Waals surface area contributed by atoms with Crippen LogP contribution in [0.4, 0.5) is 10.5 Å². The molecule has 2 N–H and O–H groups in total. The zero-order chi connectivity index (χ0) is 27.0. The third-order valence-corrected chi connectivity index (χ3v) is 7.27. The van der Waals surface area contributed by atoms with E-state index >= 15 is 0 Å². The maximum Gasteiger partial charge on any atom is 0.411 e. The molecule has 2 aliphatic heterocycles. The number of carbonyl (C=O) groups is 3. The minimum absolute atomic E-state index is 0.00365. The van der Waals surface area contributed by atoms with Gasteiger partial charge in [0, 0.05) is 12.5 Å². The highest BCUT2D eigenvalue weighted by molar-refractivity contribution is 5.96. The van der Waals surface area contributed by atoms with Gasteiger partial charge in [0.15, 0.2) is 6.61 Å². The lowest BCUT2D eigenvalue weighted by Crippen LogP contribution is -2.55. The molecule has 2 aromatic carbocycles. The Kier molecular flexibility index (Phi) is 6.74. The lowest BCUT2D eigenvalue weighted by molar-refractivity contribution is -0.128. The molecule has 2 fully saturated rings. The molecule has 2 heterocycles. The molecule has 2 bridgehead atoms. The van der Waals surface area contributed by atoms with Gasteiger partial charge < -0.3 is 20.1 Å². The Bertz CT molecular complexity index is 1290. The van der Waals surface area contributed by atoms with E-state index in [0.29, 0.717) is 17.9 Å². The van der Waals surface area contributed by atoms with Crippen molar-refractivity contribution in [1.29, 1.82) is 5.26 Å². The number of carbonyl (C=O) groups excluding carboxylic acids is 3. The molecule has 0 aromatic heterocycles. The summed E-state index contributed by atoms with van der Waals surface area (Å²) in [7, 11) is 0. The van der Waals surface area contributed by atoms with Crippen LogP contribution < -0.4 is 15.4 Å². The van der Waals surface area contributed by atoms with Crippen LogP contribution in [0.3, 0.4) is 0 Å². The van der Waals surface area contributed by atoms with Crippen LogP contribution in [0.25, 0.3) is 11.1 Å². The fourth-order valence-corrected chi connectivity index (χ4v) is 5.61. The summed E-state index contributed by atoms with van der Waals surface area (Å²) in [4.78, 5) is 39.3. The molecule has 4 atom stereocenters. The van der Waals surface area contributed by atoms with Gasteiger partial charge in [0.1, 0.15) is 23.4 Å². The molecule has 9 heteroatoms. The molecule has 38 heavy (non-hydrogen) atoms. The molecule has 3 aliphatic rings. The van der Waals surface area contributed by atoms with Gasteiger partial charge in [-0.05, 0) is 74.8 Å². The molecule has 4 unspecified atom stereocenters. The fraction of sp³-hybridized carbons (Fsp3) is 0.448. The molecule has 0 radical (unpaired) electrons. The third-order valence-electron chi connectivity index (χ3n) is 7.27. The van der Waals surface area contributed by atoms with E-state index in [0.717, 1.165) is 36.0 Å². The maximum absolute atomic E-state index is 13.3. The van der Waals surface area contributed by atoms with Gasteiger partial charge in [0.25, 0.3) is 5.91 Å². The Labute approximate surface area is 222 Å². The van der Waals surface area contributed by atoms with Crippen LogP contribution in [0.1, 0.15) is 45.6 Å². The number of rotatable bonds is 5. The van der Waals surface area contributed by atoms with Crippen LogP contribution in [-0.2, 0) is 20.7 Å². The van der Waals surface area contributed by atoms with E-state index < -0.39 is 23.8 Å². The number of anilines is 1. The molecule has 9 nitrogen and oxygen atoms in total. The van der Waals surface area contributed by atoms with Crippen molar-refractivity contribution in [2.75, 3.05) is 11.9 Å². The molecule has 2 aromatic rings. The van der Waals surface area contributed by atoms with Gasteiger partial charge in [-0.3, -0.25) is 14.5 Å². The van der Waals surface area contributed by atoms with Crippen molar-refractivity contribution < 1.29 is 23.9 Å². The van der Waals surface area contributed by atoms with E-state index in [4.69, 9.17) is 9.47 Å². The maximum atomic E-state index is 13.3. The third kappa shape index (κ3) is 5.30. The van der Waals surface area contributed by atoms with Crippen LogP contribution in [0, 0.1) is 17.2 Å². The predicted molar refractivity (Wildman–Crippen MR) is 140 cm³/mol. The lowest BCUT2D eigenvalue weighted by Gasteiger charge is -2.35. The lowest BCUT2D eigenvalue weighted by atomic mass is 9.97. The topological polar surface area (TPSA) is 121 Å². The van der Waals surface area contributed by atoms with Crippen molar-refractivity contribution in [3.8, 4) is 22.9 Å². The van der Waals surface area contributed by atoms with Gasteiger partial charge in [-0.1, -0.05) is 30.3 Å². The van der Waals surface area contributed by atoms with Gasteiger partial charge >= 0.3 is 6.09 Å². The van der Waals surface area contributed by atoms with E-state index in [1.165, 1.54) is 0 Å². The van der Waals surface area contributed by atoms with Gasteiger partial charge in [0.2, 0.25) is 5.91 Å². The molecule has 1 saturated carbocycles. The van der Waals surface area contributed by atoms with Crippen LogP contribution in [0.2, 0.25) is 0 Å². The van der Waals surface area contributed by atoms with Crippen molar-refractivity contribution in [3.63, 3.8) is 0 Å². The monoisotopic (exact) mass is 516 g/mol. The van der Waals surface area contributed by atoms with E-state index in [9.17, 15) is 19.6 Å². The number of hydrogen-bond acceptors (Lipinski definition) is 6. The Morgan fingerprint density at radius 3 is 2.63 bits per heavy atom. The summed E-state index contributed by atoms with van der Waals surface area (Å²) in [6.45, 7) is 5.42. The molecule has 0 spiro atoms. The van der Waals surface area contributed by atoms with Crippen LogP contribution in [0.5, 0.6) is 5.75 Å². The van der Waals surface area contributed by atoms with Crippen LogP contribution >= 0.6 is 0 Å². The first-order chi connectivity index (χ1) is 18.1. The SMILES string of the molecule is CC(C)(C)OC(=O)N1C2CCC(C2)C1C(=O)NC(C#N)Cc1ccc(-c2ccc3c(c2)OCC(=O)N3)cc1. The largest absolute Gasteiger partial charge is 0.482 e. The van der Waals surface area contributed by atoms with Crippen molar-refractivity contribution in [2.24, 2.45) is 5.92 Å². The standard InChI is InChI=1S/C29H32N4O5/c1-29(2,3)38-28(36)33-22-10-8-20(13-22)26(33)27(35)31-21(15-30)12-17-4-6-18(7-5-17)19-9-11-23-24(14-19)37-16-25(34)32-23/h4-7,9,11,14,20-22,26H,8,10,12-13,16H2,1-3H3,(H,31,35)(H,32,34). The number of piperidine rings is 1. The van der Waals surface area contributed by atoms with Crippen molar-refractivity contribution in [3.05, 3.63) is 48.0 Å². The first-order valence-corrected chi connectivity index (χ1v) is 13.0. The molecular weight excluding hydrogens is 484 g/mol. The number of amides is 3. The number of benzene rings is 2. The summed E-state index contributed by atoms with van der Waals surface area (Å²) < 4.78 is 11.1. The second kappa shape index (κ2) is 10.0. The van der Waals surface area contributed by atoms with Crippen molar-refractivity contribution in [1.82, 2.24) is 10.2 Å². The molecule has 1 aliphatic carbocycles. The summed E-state index contributed by atoms with van der Waals surface area (Å²) in [6.07, 6.45) is 2.42. The number of ether oxygens (including phenoxy) is 2. The number of hydrogen-bond donors (Lipinski definition) is 2. The van der Waals surface area contributed by atoms with Gasteiger partial charge in [-0.15, -0.1) is 0 Å². The van der Waals surface area contributed by atoms with Crippen molar-refractivity contribution >= 4 is 23.6 Å². The zero-order valence-corrected chi connectivity index (χ0v) is 21.8. The Morgan fingerprint density at radius 2 is 1.92 bits per heavy atom. The van der Waals surface area contributed by atoms with Gasteiger partial charge in [-0.25, -0.2) is 4.79 Å². The minimum Gasteiger partial charge on any atom is -0.482 e. The smallest absolute Gasteiger partial charge is 0.411 e. The minimum atomic E-state index is -0.728. The van der Waals surface area contributed by atoms with Gasteiger partial charge in [-0.2, -0.15) is 5.26 Å². The van der Waals surface area contributed by atoms with E-state index in [2.05, 4.69) is 16.7 Å². The molecule has 3 amide bonds. The summed E-state index contributed by atoms with van der Waals surface area (Å²) in [5, 5.41) is 15.4. The summed E-state index contributed by atoms with van der Waals surface area (Å²) in [5.74, 6) is 0.235. The molecule has 5 rings (SSSR count). The number of likely N-dealkylation sites (tertiary alicyclic amines) is 1. The highest BCUT2D eigenvalue weighted by Crippen LogP contribution is 2.43. The highest BCUT2D eigenvalue weighted by atomic mass is 16.6. The van der Waals surface area contributed by atoms with Gasteiger partial charge in [0.05, 0.1) is 11.8 Å². The molecular formula is C29H32N4O5. The summed E-state index contributed by atoms with van der Waals surface area (Å²) in [6, 6.07) is 14.2. The summed E-state index contributed by atoms with van der Waals surface area (Å²) >= 11 is 0. The van der Waals surface area contributed by atoms with E-state index in [1.54, 1.807) is 4.90 Å². The summed E-state index contributed by atoms with van der Waals surface area (Å²) in [5.41, 5.74) is 2.80. The fourth-order valence-electron chi connectivity index (χ4n) is 5.61. The molecule has 1 saturated heterocycles. The average molecular weight is 517 g/mol. The number of nitriles is 1. The average Bonchev–Trinajstić information content (AvgIpc) is 3.49. The second-order valence-electron chi connectivity index (χ2n) is 11.2. The predicted octanol–water partition coefficient (Wildman–Crippen LogP) is 4.02. The number of nitrogens with one attached hydrogen (secondary N) is 2. The molecule has 198 valence electrons. The van der Waals surface area contributed by atoms with Crippen LogP contribution in [-0.4, -0.2) is 53.1 Å². The quantitative estimate of drug-likeness (QED) is 0.619. The number of nitrogens with zero attached hydrogens (tertiary/aromatic N) is 2. The van der Waals surface area contributed by atoms with E-state index in [-0.39, 0.29) is 30.4 Å². The first-order valence-electron chi connectivity index (χ1n) is 13.0. The van der Waals surface area contributed by atoms with Crippen molar-refractivity contribution in [2.45, 2.75) is 70.2 Å². The van der Waals surface area contributed by atoms with E-state index in [1.807, 2.05) is 63.2 Å². The van der Waals surface area contributed by atoms with Crippen LogP contribution in [0.15, 0.2) is 42.5 Å². The second-order valence-corrected chi connectivity index (χ2v) is 11.2. The zero-order valence-electron chi connectivity index (χ0n) is 21.8. The highest BCUT2D eigenvalue weighted by Gasteiger charge is 2.52. The number of fused-ring (bicyclic) bond motifs is 3. The Balaban J connectivity index is 1.24.